The first-order valence-corrected chi connectivity index (χ1v) is 13.3. The molecule has 0 saturated carbocycles. The molecule has 0 aromatic carbocycles. The molecule has 0 saturated heterocycles. The first kappa shape index (κ1) is 21.2. The molecule has 1 aliphatic rings. The van der Waals surface area contributed by atoms with Crippen molar-refractivity contribution in [2.24, 2.45) is 5.41 Å². The van der Waals surface area contributed by atoms with Crippen molar-refractivity contribution in [2.45, 2.75) is 92.1 Å². The summed E-state index contributed by atoms with van der Waals surface area (Å²) in [7, 11) is 0.420. The molecule has 1 rings (SSSR count). The van der Waals surface area contributed by atoms with Crippen LogP contribution in [-0.4, -0.2) is 16.9 Å². The van der Waals surface area contributed by atoms with Gasteiger partial charge in [-0.15, -0.1) is 0 Å². The lowest BCUT2D eigenvalue weighted by atomic mass is 9.93. The van der Waals surface area contributed by atoms with Crippen LogP contribution in [0.1, 0.15) is 86.5 Å². The Balaban J connectivity index is 2.48. The van der Waals surface area contributed by atoms with Crippen LogP contribution < -0.4 is 0 Å². The van der Waals surface area contributed by atoms with E-state index < -0.39 is 7.61 Å². The molecule has 0 aliphatic carbocycles. The van der Waals surface area contributed by atoms with E-state index in [4.69, 9.17) is 0 Å². The number of hydrogen-bond acceptors (Lipinski definition) is 1. The fourth-order valence-corrected chi connectivity index (χ4v) is 11.3. The molecule has 1 heterocycles. The molecular weight excluding hydrogens is 318 g/mol. The standard InChI is InChI=1S/C20H38OP2/c1-7-8-9-10-11-12-13-14-22-23-17(3)15-16(2)18(21)19(23)20(4,5)6/h15,17,21-22H,7-14H2,1-6H3/p+1. The second-order valence-corrected chi connectivity index (χ2v) is 13.8. The highest BCUT2D eigenvalue weighted by Crippen LogP contribution is 2.71. The van der Waals surface area contributed by atoms with E-state index in [1.165, 1.54) is 56.4 Å². The lowest BCUT2D eigenvalue weighted by Crippen LogP contribution is -2.17. The van der Waals surface area contributed by atoms with Crippen LogP contribution in [-0.2, 0) is 0 Å². The third-order valence-electron chi connectivity index (χ3n) is 4.68. The van der Waals surface area contributed by atoms with Crippen LogP contribution in [0.5, 0.6) is 0 Å². The second-order valence-electron chi connectivity index (χ2n) is 8.07. The van der Waals surface area contributed by atoms with Crippen LogP contribution in [0.15, 0.2) is 22.7 Å². The topological polar surface area (TPSA) is 20.2 Å². The molecule has 0 aromatic heterocycles. The quantitative estimate of drug-likeness (QED) is 0.331. The van der Waals surface area contributed by atoms with Crippen molar-refractivity contribution in [3.05, 3.63) is 22.7 Å². The molecule has 23 heavy (non-hydrogen) atoms. The van der Waals surface area contributed by atoms with Crippen molar-refractivity contribution in [3.63, 3.8) is 0 Å². The zero-order chi connectivity index (χ0) is 17.5. The molecule has 1 nitrogen and oxygen atoms in total. The number of rotatable bonds is 9. The molecule has 0 fully saturated rings. The van der Waals surface area contributed by atoms with Gasteiger partial charge in [-0.05, 0) is 31.9 Å². The minimum Gasteiger partial charge on any atom is -0.504 e. The van der Waals surface area contributed by atoms with Gasteiger partial charge in [-0.1, -0.05) is 66.2 Å². The van der Waals surface area contributed by atoms with Crippen LogP contribution in [0.2, 0.25) is 0 Å². The summed E-state index contributed by atoms with van der Waals surface area (Å²) in [6, 6.07) is 0. The van der Waals surface area contributed by atoms with Gasteiger partial charge in [0.15, 0.2) is 5.76 Å². The lowest BCUT2D eigenvalue weighted by Gasteiger charge is -2.31. The van der Waals surface area contributed by atoms with Crippen LogP contribution in [0.25, 0.3) is 0 Å². The molecule has 0 bridgehead atoms. The van der Waals surface area contributed by atoms with Gasteiger partial charge >= 0.3 is 0 Å². The summed E-state index contributed by atoms with van der Waals surface area (Å²) in [6.45, 7) is 13.5. The Morgan fingerprint density at radius 1 is 1.09 bits per heavy atom. The third-order valence-corrected chi connectivity index (χ3v) is 12.3. The van der Waals surface area contributed by atoms with Crippen molar-refractivity contribution in [3.8, 4) is 0 Å². The highest BCUT2D eigenvalue weighted by Gasteiger charge is 2.41. The first-order chi connectivity index (χ1) is 10.8. The summed E-state index contributed by atoms with van der Waals surface area (Å²) < 4.78 is 0. The van der Waals surface area contributed by atoms with Crippen LogP contribution >= 0.6 is 15.9 Å². The van der Waals surface area contributed by atoms with Crippen LogP contribution in [0.4, 0.5) is 0 Å². The zero-order valence-electron chi connectivity index (χ0n) is 16.3. The molecular formula is C20H39OP2+. The highest BCUT2D eigenvalue weighted by atomic mass is 32.0. The van der Waals surface area contributed by atoms with Gasteiger partial charge in [0.2, 0.25) is 0 Å². The SMILES string of the molecule is CCCCCCCCCP[PH+]1C(C(C)(C)C)=C(O)C(C)=CC1C. The fraction of sp³-hybridized carbons (Fsp3) is 0.800. The van der Waals surface area contributed by atoms with E-state index in [0.29, 0.717) is 11.4 Å². The zero-order valence-corrected chi connectivity index (χ0v) is 18.3. The maximum Gasteiger partial charge on any atom is 0.156 e. The van der Waals surface area contributed by atoms with Gasteiger partial charge in [-0.2, -0.15) is 0 Å². The lowest BCUT2D eigenvalue weighted by molar-refractivity contribution is 0.394. The summed E-state index contributed by atoms with van der Waals surface area (Å²) in [5.74, 6) is 0.622. The molecule has 0 aromatic rings. The number of aliphatic hydroxyl groups is 1. The Bertz CT molecular complexity index is 418. The minimum atomic E-state index is -0.623. The van der Waals surface area contributed by atoms with E-state index in [9.17, 15) is 5.11 Å². The van der Waals surface area contributed by atoms with E-state index in [2.05, 4.69) is 47.6 Å². The average Bonchev–Trinajstić information content (AvgIpc) is 2.45. The average molecular weight is 357 g/mol. The maximum absolute atomic E-state index is 10.6. The minimum absolute atomic E-state index is 0.106. The number of unbranched alkanes of at least 4 members (excludes halogenated alkanes) is 6. The van der Waals surface area contributed by atoms with Gasteiger partial charge in [-0.25, -0.2) is 0 Å². The van der Waals surface area contributed by atoms with E-state index in [1.807, 2.05) is 0 Å². The van der Waals surface area contributed by atoms with E-state index in [-0.39, 0.29) is 5.41 Å². The van der Waals surface area contributed by atoms with Crippen molar-refractivity contribution in [1.29, 1.82) is 0 Å². The summed E-state index contributed by atoms with van der Waals surface area (Å²) in [5, 5.41) is 12.0. The largest absolute Gasteiger partial charge is 0.504 e. The fourth-order valence-electron chi connectivity index (χ4n) is 3.40. The smallest absolute Gasteiger partial charge is 0.156 e. The predicted octanol–water partition coefficient (Wildman–Crippen LogP) is 7.71. The van der Waals surface area contributed by atoms with Gasteiger partial charge in [0.1, 0.15) is 5.31 Å². The molecule has 1 N–H and O–H groups in total. The predicted molar refractivity (Wildman–Crippen MR) is 112 cm³/mol. The molecule has 134 valence electrons. The van der Waals surface area contributed by atoms with Crippen LogP contribution in [0.3, 0.4) is 0 Å². The summed E-state index contributed by atoms with van der Waals surface area (Å²) in [6.07, 6.45) is 13.4. The maximum atomic E-state index is 10.6. The van der Waals surface area contributed by atoms with Crippen molar-refractivity contribution < 1.29 is 5.11 Å². The first-order valence-electron chi connectivity index (χ1n) is 9.52. The summed E-state index contributed by atoms with van der Waals surface area (Å²) in [5.41, 5.74) is 1.86. The molecule has 3 heteroatoms. The Morgan fingerprint density at radius 3 is 2.22 bits per heavy atom. The molecule has 0 radical (unpaired) electrons. The number of allylic oxidation sites excluding steroid dienone is 3. The molecule has 3 atom stereocenters. The van der Waals surface area contributed by atoms with Gasteiger partial charge < -0.3 is 5.11 Å². The van der Waals surface area contributed by atoms with Gasteiger partial charge in [0.05, 0.1) is 13.3 Å². The molecule has 0 amide bonds. The van der Waals surface area contributed by atoms with E-state index in [0.717, 1.165) is 13.8 Å². The third kappa shape index (κ3) is 6.88. The molecule has 1 aliphatic heterocycles. The van der Waals surface area contributed by atoms with E-state index in [1.54, 1.807) is 0 Å². The Kier molecular flexibility index (Phi) is 9.40. The summed E-state index contributed by atoms with van der Waals surface area (Å²) in [4.78, 5) is 0. The molecule has 3 unspecified atom stereocenters. The number of aliphatic hydroxyl groups excluding tert-OH is 1. The Labute approximate surface area is 147 Å². The molecule has 0 spiro atoms. The van der Waals surface area contributed by atoms with Crippen molar-refractivity contribution in [2.75, 3.05) is 6.16 Å². The summed E-state index contributed by atoms with van der Waals surface area (Å²) >= 11 is 0. The highest BCUT2D eigenvalue weighted by molar-refractivity contribution is 8.23. The Morgan fingerprint density at radius 2 is 1.65 bits per heavy atom. The van der Waals surface area contributed by atoms with Gasteiger partial charge in [-0.3, -0.25) is 0 Å². The normalized spacial score (nSPS) is 23.0. The van der Waals surface area contributed by atoms with Crippen molar-refractivity contribution in [1.82, 2.24) is 0 Å². The Hall–Kier alpha value is 0.140. The van der Waals surface area contributed by atoms with Crippen LogP contribution in [0, 0.1) is 5.41 Å². The van der Waals surface area contributed by atoms with Gasteiger partial charge in [0.25, 0.3) is 0 Å². The van der Waals surface area contributed by atoms with Gasteiger partial charge in [0, 0.05) is 19.8 Å². The number of hydrogen-bond donors (Lipinski definition) is 1. The van der Waals surface area contributed by atoms with E-state index >= 15 is 0 Å². The second kappa shape index (κ2) is 10.2. The van der Waals surface area contributed by atoms with Crippen molar-refractivity contribution >= 4 is 15.9 Å². The monoisotopic (exact) mass is 357 g/mol.